The van der Waals surface area contributed by atoms with Crippen LogP contribution in [-0.4, -0.2) is 38.1 Å². The summed E-state index contributed by atoms with van der Waals surface area (Å²) in [5, 5.41) is 3.28. The molecule has 0 spiro atoms. The number of thioether (sulfide) groups is 1. The first-order chi connectivity index (χ1) is 12.9. The van der Waals surface area contributed by atoms with E-state index in [0.29, 0.717) is 26.3 Å². The van der Waals surface area contributed by atoms with Crippen LogP contribution in [0.4, 0.5) is 5.82 Å². The number of aryl methyl sites for hydroxylation is 1. The topological polar surface area (TPSA) is 66.7 Å². The quantitative estimate of drug-likeness (QED) is 0.454. The number of anilines is 1. The van der Waals surface area contributed by atoms with Gasteiger partial charge in [0, 0.05) is 19.8 Å². The molecule has 1 aliphatic rings. The Morgan fingerprint density at radius 1 is 1.33 bits per heavy atom. The van der Waals surface area contributed by atoms with E-state index in [4.69, 9.17) is 12.2 Å². The lowest BCUT2D eigenvalue weighted by Crippen LogP contribution is -2.23. The van der Waals surface area contributed by atoms with Gasteiger partial charge < -0.3 is 5.32 Å². The predicted molar refractivity (Wildman–Crippen MR) is 115 cm³/mol. The number of thiocarbonyl (C=S) groups is 1. The second-order valence-corrected chi connectivity index (χ2v) is 8.11. The van der Waals surface area contributed by atoms with Crippen molar-refractivity contribution in [2.45, 2.75) is 33.1 Å². The van der Waals surface area contributed by atoms with Gasteiger partial charge in [0.05, 0.1) is 10.5 Å². The van der Waals surface area contributed by atoms with Gasteiger partial charge in [-0.25, -0.2) is 4.98 Å². The smallest absolute Gasteiger partial charge is 0.267 e. The average molecular weight is 403 g/mol. The van der Waals surface area contributed by atoms with Gasteiger partial charge in [-0.05, 0) is 31.1 Å². The lowest BCUT2D eigenvalue weighted by molar-refractivity contribution is -0.121. The maximum absolute atomic E-state index is 13.1. The maximum atomic E-state index is 13.1. The molecule has 1 N–H and O–H groups in total. The zero-order chi connectivity index (χ0) is 19.6. The number of hydrogen-bond donors (Lipinski definition) is 1. The number of nitrogens with zero attached hydrogens (tertiary/aromatic N) is 3. The average Bonchev–Trinajstić information content (AvgIpc) is 2.89. The van der Waals surface area contributed by atoms with Crippen LogP contribution in [0.1, 0.15) is 37.3 Å². The summed E-state index contributed by atoms with van der Waals surface area (Å²) in [6.07, 6.45) is 6.50. The third-order valence-electron chi connectivity index (χ3n) is 4.42. The molecule has 3 heterocycles. The molecule has 142 valence electrons. The summed E-state index contributed by atoms with van der Waals surface area (Å²) in [6.45, 7) is 4.78. The first-order valence-corrected chi connectivity index (χ1v) is 10.1. The fraction of sp³-hybridized carbons (Fsp3) is 0.368. The Hall–Kier alpha value is -2.19. The maximum Gasteiger partial charge on any atom is 0.267 e. The monoisotopic (exact) mass is 402 g/mol. The Bertz CT molecular complexity index is 997. The van der Waals surface area contributed by atoms with E-state index in [1.807, 2.05) is 19.1 Å². The number of unbranched alkanes of at least 4 members (excludes halogenated alkanes) is 2. The molecule has 1 amide bonds. The zero-order valence-electron chi connectivity index (χ0n) is 15.6. The molecular formula is C19H22N4O2S2. The largest absolute Gasteiger partial charge is 0.369 e. The van der Waals surface area contributed by atoms with Crippen LogP contribution < -0.4 is 10.9 Å². The van der Waals surface area contributed by atoms with Crippen LogP contribution in [0.5, 0.6) is 0 Å². The van der Waals surface area contributed by atoms with E-state index in [-0.39, 0.29) is 11.5 Å². The minimum atomic E-state index is -0.205. The van der Waals surface area contributed by atoms with E-state index in [2.05, 4.69) is 17.2 Å². The number of pyridine rings is 1. The molecule has 1 aliphatic heterocycles. The van der Waals surface area contributed by atoms with Gasteiger partial charge in [0.1, 0.15) is 15.8 Å². The molecule has 0 unspecified atom stereocenters. The standard InChI is InChI=1S/C19H22N4O2S2/c1-4-5-6-9-20-15-13(11-14-18(25)22(3)19(26)27-14)17(24)23-10-7-8-12(2)16(23)21-15/h7-8,10-11,20H,4-6,9H2,1-3H3. The van der Waals surface area contributed by atoms with E-state index in [0.717, 1.165) is 31.4 Å². The Morgan fingerprint density at radius 3 is 2.78 bits per heavy atom. The SMILES string of the molecule is CCCCCNc1nc2c(C)cccn2c(=O)c1C=C1SC(=S)N(C)C1=O. The molecule has 0 saturated carbocycles. The van der Waals surface area contributed by atoms with Crippen molar-refractivity contribution in [3.05, 3.63) is 44.7 Å². The lowest BCUT2D eigenvalue weighted by Gasteiger charge is -2.12. The van der Waals surface area contributed by atoms with Crippen molar-refractivity contribution < 1.29 is 4.79 Å². The second-order valence-electron chi connectivity index (χ2n) is 6.44. The van der Waals surface area contributed by atoms with E-state index in [9.17, 15) is 9.59 Å². The number of likely N-dealkylation sites (N-methyl/N-ethyl adjacent to an activating group) is 1. The fourth-order valence-corrected chi connectivity index (χ4v) is 4.00. The normalized spacial score (nSPS) is 16.0. The van der Waals surface area contributed by atoms with Crippen LogP contribution in [0.2, 0.25) is 0 Å². The van der Waals surface area contributed by atoms with E-state index in [1.54, 1.807) is 19.3 Å². The highest BCUT2D eigenvalue weighted by molar-refractivity contribution is 8.26. The van der Waals surface area contributed by atoms with E-state index >= 15 is 0 Å². The number of carbonyl (C=O) groups is 1. The van der Waals surface area contributed by atoms with Crippen molar-refractivity contribution in [3.63, 3.8) is 0 Å². The summed E-state index contributed by atoms with van der Waals surface area (Å²) in [7, 11) is 1.64. The number of rotatable bonds is 6. The van der Waals surface area contributed by atoms with Crippen LogP contribution in [0.3, 0.4) is 0 Å². The molecule has 0 aromatic carbocycles. The van der Waals surface area contributed by atoms with Crippen LogP contribution in [0, 0.1) is 6.92 Å². The highest BCUT2D eigenvalue weighted by atomic mass is 32.2. The first-order valence-electron chi connectivity index (χ1n) is 8.91. The molecule has 0 aliphatic carbocycles. The van der Waals surface area contributed by atoms with Gasteiger partial charge in [0.15, 0.2) is 0 Å². The summed E-state index contributed by atoms with van der Waals surface area (Å²) in [4.78, 5) is 32.0. The highest BCUT2D eigenvalue weighted by Crippen LogP contribution is 2.31. The number of hydrogen-bond acceptors (Lipinski definition) is 6. The molecule has 1 fully saturated rings. The molecule has 6 nitrogen and oxygen atoms in total. The van der Waals surface area contributed by atoms with Crippen molar-refractivity contribution in [2.75, 3.05) is 18.9 Å². The molecular weight excluding hydrogens is 380 g/mol. The predicted octanol–water partition coefficient (Wildman–Crippen LogP) is 3.44. The molecule has 2 aromatic heterocycles. The number of carbonyl (C=O) groups excluding carboxylic acids is 1. The van der Waals surface area contributed by atoms with Crippen LogP contribution in [0.25, 0.3) is 11.7 Å². The molecule has 27 heavy (non-hydrogen) atoms. The first kappa shape index (κ1) is 19.6. The Kier molecular flexibility index (Phi) is 5.96. The zero-order valence-corrected chi connectivity index (χ0v) is 17.2. The summed E-state index contributed by atoms with van der Waals surface area (Å²) in [5.74, 6) is 0.308. The summed E-state index contributed by atoms with van der Waals surface area (Å²) in [5.41, 5.74) is 1.70. The number of fused-ring (bicyclic) bond motifs is 1. The molecule has 3 rings (SSSR count). The minimum absolute atomic E-state index is 0.198. The van der Waals surface area contributed by atoms with E-state index in [1.165, 1.54) is 21.1 Å². The van der Waals surface area contributed by atoms with Gasteiger partial charge in [0.25, 0.3) is 11.5 Å². The van der Waals surface area contributed by atoms with Crippen molar-refractivity contribution in [1.82, 2.24) is 14.3 Å². The number of aromatic nitrogens is 2. The van der Waals surface area contributed by atoms with Crippen LogP contribution in [-0.2, 0) is 4.79 Å². The molecule has 0 bridgehead atoms. The van der Waals surface area contributed by atoms with Crippen LogP contribution >= 0.6 is 24.0 Å². The van der Waals surface area contributed by atoms with Crippen molar-refractivity contribution >= 4 is 51.7 Å². The van der Waals surface area contributed by atoms with Gasteiger partial charge in [-0.1, -0.05) is 49.8 Å². The molecule has 0 atom stereocenters. The lowest BCUT2D eigenvalue weighted by atomic mass is 10.2. The van der Waals surface area contributed by atoms with Gasteiger partial charge >= 0.3 is 0 Å². The van der Waals surface area contributed by atoms with Crippen molar-refractivity contribution in [3.8, 4) is 0 Å². The number of nitrogens with one attached hydrogen (secondary N) is 1. The third kappa shape index (κ3) is 3.91. The summed E-state index contributed by atoms with van der Waals surface area (Å²) in [6, 6.07) is 3.74. The van der Waals surface area contributed by atoms with Gasteiger partial charge in [-0.15, -0.1) is 0 Å². The molecule has 1 saturated heterocycles. The fourth-order valence-electron chi connectivity index (χ4n) is 2.83. The second kappa shape index (κ2) is 8.22. The van der Waals surface area contributed by atoms with Gasteiger partial charge in [-0.2, -0.15) is 0 Å². The Balaban J connectivity index is 2.11. The Morgan fingerprint density at radius 2 is 2.11 bits per heavy atom. The Labute approximate surface area is 167 Å². The van der Waals surface area contributed by atoms with E-state index < -0.39 is 0 Å². The summed E-state index contributed by atoms with van der Waals surface area (Å²) < 4.78 is 2.00. The molecule has 0 radical (unpaired) electrons. The van der Waals surface area contributed by atoms with Crippen molar-refractivity contribution in [1.29, 1.82) is 0 Å². The van der Waals surface area contributed by atoms with Crippen LogP contribution in [0.15, 0.2) is 28.0 Å². The number of amides is 1. The minimum Gasteiger partial charge on any atom is -0.369 e. The third-order valence-corrected chi connectivity index (χ3v) is 5.90. The van der Waals surface area contributed by atoms with Gasteiger partial charge in [-0.3, -0.25) is 18.9 Å². The highest BCUT2D eigenvalue weighted by Gasteiger charge is 2.29. The molecule has 2 aromatic rings. The van der Waals surface area contributed by atoms with Gasteiger partial charge in [0.2, 0.25) is 0 Å². The van der Waals surface area contributed by atoms with Crippen molar-refractivity contribution in [2.24, 2.45) is 0 Å². The summed E-state index contributed by atoms with van der Waals surface area (Å²) >= 11 is 6.38. The molecule has 8 heteroatoms.